The molecule has 0 saturated heterocycles. The van der Waals surface area contributed by atoms with Gasteiger partial charge < -0.3 is 20.4 Å². The van der Waals surface area contributed by atoms with E-state index < -0.39 is 24.0 Å². The molecule has 0 aliphatic rings. The van der Waals surface area contributed by atoms with Crippen molar-refractivity contribution >= 4 is 17.7 Å². The highest BCUT2D eigenvalue weighted by Crippen LogP contribution is 1.96. The van der Waals surface area contributed by atoms with Crippen LogP contribution in [-0.4, -0.2) is 44.4 Å². The Bertz CT molecular complexity index is 587. The first kappa shape index (κ1) is 21.0. The summed E-state index contributed by atoms with van der Waals surface area (Å²) >= 11 is 0. The smallest absolute Gasteiger partial charge is 0.335 e. The van der Waals surface area contributed by atoms with Gasteiger partial charge in [-0.15, -0.1) is 0 Å². The molecule has 0 unspecified atom stereocenters. The van der Waals surface area contributed by atoms with Gasteiger partial charge in [-0.25, -0.2) is 9.59 Å². The number of rotatable bonds is 3. The van der Waals surface area contributed by atoms with E-state index in [1.807, 2.05) is 0 Å². The summed E-state index contributed by atoms with van der Waals surface area (Å²) in [5.74, 6) is -2.39. The molecule has 0 heterocycles. The minimum absolute atomic E-state index is 0.331. The lowest BCUT2D eigenvalue weighted by molar-refractivity contribution is -0.142. The highest BCUT2D eigenvalue weighted by atomic mass is 16.5. The molecule has 7 nitrogen and oxygen atoms in total. The van der Waals surface area contributed by atoms with Crippen molar-refractivity contribution in [2.45, 2.75) is 13.2 Å². The van der Waals surface area contributed by atoms with Gasteiger partial charge in [0, 0.05) is 0 Å². The fraction of sp³-hybridized carbons (Fsp3) is 0.118. The van der Waals surface area contributed by atoms with Crippen LogP contribution in [0.15, 0.2) is 60.7 Å². The first-order valence-corrected chi connectivity index (χ1v) is 6.69. The minimum Gasteiger partial charge on any atom is -0.478 e. The van der Waals surface area contributed by atoms with Crippen molar-refractivity contribution in [3.05, 3.63) is 71.8 Å². The number of Topliss-reactive ketones (excluding diaryl/α,β-unsaturated/α-hetero) is 1. The summed E-state index contributed by atoms with van der Waals surface area (Å²) in [4.78, 5) is 30.0. The number of hydrogen-bond acceptors (Lipinski definition) is 5. The average molecular weight is 334 g/mol. The van der Waals surface area contributed by atoms with E-state index in [1.165, 1.54) is 0 Å². The zero-order valence-corrected chi connectivity index (χ0v) is 12.9. The zero-order valence-electron chi connectivity index (χ0n) is 12.9. The van der Waals surface area contributed by atoms with Crippen LogP contribution in [0.3, 0.4) is 0 Å². The normalized spacial score (nSPS) is 9.00. The minimum atomic E-state index is -1.79. The maximum atomic E-state index is 10.2. The summed E-state index contributed by atoms with van der Waals surface area (Å²) < 4.78 is 0. The van der Waals surface area contributed by atoms with Crippen molar-refractivity contribution in [3.8, 4) is 0 Å². The van der Waals surface area contributed by atoms with Gasteiger partial charge in [-0.05, 0) is 31.2 Å². The number of carboxylic acid groups (broad SMARTS) is 2. The lowest BCUT2D eigenvalue weighted by Crippen LogP contribution is -2.14. The number of hydrogen-bond donors (Lipinski definition) is 4. The number of ketones is 1. The summed E-state index contributed by atoms with van der Waals surface area (Å²) in [5, 5.41) is 32.4. The summed E-state index contributed by atoms with van der Waals surface area (Å²) in [7, 11) is 0. The standard InChI is InChI=1S/2C7H6O2.C3H6O3/c2*8-7(9)6-4-2-1-3-5-6;1-2(4)3(5)6/h2*1-5H,(H,8,9);3,5-6H,1H3. The lowest BCUT2D eigenvalue weighted by Gasteiger charge is -1.90. The van der Waals surface area contributed by atoms with Crippen LogP contribution in [-0.2, 0) is 4.79 Å². The van der Waals surface area contributed by atoms with Gasteiger partial charge in [-0.3, -0.25) is 4.79 Å². The Morgan fingerprint density at radius 3 is 1.08 bits per heavy atom. The van der Waals surface area contributed by atoms with Crippen LogP contribution < -0.4 is 0 Å². The number of carbonyl (C=O) groups excluding carboxylic acids is 1. The van der Waals surface area contributed by atoms with Crippen LogP contribution in [0.2, 0.25) is 0 Å². The van der Waals surface area contributed by atoms with Crippen LogP contribution in [0.5, 0.6) is 0 Å². The molecule has 4 N–H and O–H groups in total. The van der Waals surface area contributed by atoms with Gasteiger partial charge in [0.2, 0.25) is 6.29 Å². The predicted octanol–water partition coefficient (Wildman–Crippen LogP) is 1.66. The predicted molar refractivity (Wildman–Crippen MR) is 85.7 cm³/mol. The Morgan fingerprint density at radius 1 is 0.708 bits per heavy atom. The molecule has 2 aromatic carbocycles. The molecule has 0 saturated carbocycles. The number of aromatic carboxylic acids is 2. The molecule has 0 spiro atoms. The third-order valence-electron chi connectivity index (χ3n) is 2.41. The first-order chi connectivity index (χ1) is 11.3. The molecule has 0 fully saturated rings. The third-order valence-corrected chi connectivity index (χ3v) is 2.41. The molecule has 0 aliphatic heterocycles. The van der Waals surface area contributed by atoms with Crippen LogP contribution in [0.4, 0.5) is 0 Å². The van der Waals surface area contributed by atoms with Crippen molar-refractivity contribution in [3.63, 3.8) is 0 Å². The maximum Gasteiger partial charge on any atom is 0.335 e. The summed E-state index contributed by atoms with van der Waals surface area (Å²) in [6.07, 6.45) is -1.79. The first-order valence-electron chi connectivity index (χ1n) is 6.69. The number of aliphatic hydroxyl groups is 2. The van der Waals surface area contributed by atoms with Gasteiger partial charge in [0.05, 0.1) is 11.1 Å². The molecular weight excluding hydrogens is 316 g/mol. The van der Waals surface area contributed by atoms with Crippen LogP contribution >= 0.6 is 0 Å². The summed E-state index contributed by atoms with van der Waals surface area (Å²) in [6.45, 7) is 1.10. The lowest BCUT2D eigenvalue weighted by atomic mass is 10.2. The van der Waals surface area contributed by atoms with Crippen molar-refractivity contribution in [2.24, 2.45) is 0 Å². The van der Waals surface area contributed by atoms with Gasteiger partial charge >= 0.3 is 11.9 Å². The Morgan fingerprint density at radius 2 is 0.958 bits per heavy atom. The van der Waals surface area contributed by atoms with Gasteiger partial charge in [0.25, 0.3) is 0 Å². The quantitative estimate of drug-likeness (QED) is 0.627. The van der Waals surface area contributed by atoms with Crippen LogP contribution in [0, 0.1) is 0 Å². The van der Waals surface area contributed by atoms with E-state index in [2.05, 4.69) is 0 Å². The molecule has 0 amide bonds. The average Bonchev–Trinajstić information content (AvgIpc) is 2.57. The molecule has 24 heavy (non-hydrogen) atoms. The SMILES string of the molecule is CC(=O)C(O)O.O=C(O)c1ccccc1.O=C(O)c1ccccc1. The number of aliphatic hydroxyl groups excluding tert-OH is 1. The van der Waals surface area contributed by atoms with Gasteiger partial charge in [-0.1, -0.05) is 36.4 Å². The second-order valence-corrected chi connectivity index (χ2v) is 4.33. The Kier molecular flexibility index (Phi) is 10.1. The second kappa shape index (κ2) is 11.5. The fourth-order valence-electron chi connectivity index (χ4n) is 1.16. The molecule has 0 bridgehead atoms. The second-order valence-electron chi connectivity index (χ2n) is 4.33. The van der Waals surface area contributed by atoms with Gasteiger partial charge in [0.15, 0.2) is 5.78 Å². The van der Waals surface area contributed by atoms with E-state index in [4.69, 9.17) is 20.4 Å². The molecule has 128 valence electrons. The number of carbonyl (C=O) groups is 3. The Balaban J connectivity index is 0.000000340. The third kappa shape index (κ3) is 9.82. The molecule has 0 radical (unpaired) electrons. The zero-order chi connectivity index (χ0) is 18.5. The maximum absolute atomic E-state index is 10.2. The topological polar surface area (TPSA) is 132 Å². The molecule has 2 aromatic rings. The van der Waals surface area contributed by atoms with Crippen LogP contribution in [0.1, 0.15) is 27.6 Å². The van der Waals surface area contributed by atoms with E-state index in [0.29, 0.717) is 11.1 Å². The molecule has 0 aromatic heterocycles. The fourth-order valence-corrected chi connectivity index (χ4v) is 1.16. The molecule has 0 atom stereocenters. The van der Waals surface area contributed by atoms with Crippen molar-refractivity contribution in [2.75, 3.05) is 0 Å². The molecule has 2 rings (SSSR count). The largest absolute Gasteiger partial charge is 0.478 e. The van der Waals surface area contributed by atoms with E-state index >= 15 is 0 Å². The highest BCUT2D eigenvalue weighted by Gasteiger charge is 1.99. The van der Waals surface area contributed by atoms with E-state index in [0.717, 1.165) is 6.92 Å². The molecule has 0 aliphatic carbocycles. The monoisotopic (exact) mass is 334 g/mol. The van der Waals surface area contributed by atoms with Crippen molar-refractivity contribution in [1.82, 2.24) is 0 Å². The highest BCUT2D eigenvalue weighted by molar-refractivity contribution is 5.87. The van der Waals surface area contributed by atoms with Gasteiger partial charge in [-0.2, -0.15) is 0 Å². The van der Waals surface area contributed by atoms with Gasteiger partial charge in [0.1, 0.15) is 0 Å². The van der Waals surface area contributed by atoms with Crippen LogP contribution in [0.25, 0.3) is 0 Å². The molecule has 7 heteroatoms. The number of benzene rings is 2. The summed E-state index contributed by atoms with van der Waals surface area (Å²) in [5.41, 5.74) is 0.662. The van der Waals surface area contributed by atoms with Crippen molar-refractivity contribution < 1.29 is 34.8 Å². The number of carboxylic acids is 2. The van der Waals surface area contributed by atoms with E-state index in [9.17, 15) is 14.4 Å². The van der Waals surface area contributed by atoms with E-state index in [-0.39, 0.29) is 0 Å². The summed E-state index contributed by atoms with van der Waals surface area (Å²) in [6, 6.07) is 16.6. The molecular formula is C17H18O7. The van der Waals surface area contributed by atoms with E-state index in [1.54, 1.807) is 60.7 Å². The Labute approximate surface area is 138 Å². The van der Waals surface area contributed by atoms with Crippen molar-refractivity contribution in [1.29, 1.82) is 0 Å². The Hall–Kier alpha value is -3.03.